The first kappa shape index (κ1) is 17.2. The molecule has 0 saturated carbocycles. The van der Waals surface area contributed by atoms with Gasteiger partial charge in [0.05, 0.1) is 6.61 Å². The molecule has 1 aromatic carbocycles. The van der Waals surface area contributed by atoms with Gasteiger partial charge in [0.15, 0.2) is 5.41 Å². The molecule has 1 aromatic rings. The Hall–Kier alpha value is -1.84. The van der Waals surface area contributed by atoms with E-state index in [9.17, 15) is 14.7 Å². The van der Waals surface area contributed by atoms with Gasteiger partial charge in [-0.1, -0.05) is 43.7 Å². The highest BCUT2D eigenvalue weighted by Gasteiger charge is 2.46. The van der Waals surface area contributed by atoms with Crippen LogP contribution < -0.4 is 0 Å². The minimum absolute atomic E-state index is 0.205. The summed E-state index contributed by atoms with van der Waals surface area (Å²) in [5.74, 6) is -1.68. The zero-order chi connectivity index (χ0) is 15.7. The third kappa shape index (κ3) is 4.59. The molecule has 0 aliphatic heterocycles. The number of ether oxygens (including phenoxy) is 1. The first-order valence-electron chi connectivity index (χ1n) is 7.51. The number of carboxylic acids is 1. The van der Waals surface area contributed by atoms with Crippen molar-refractivity contribution in [3.8, 4) is 0 Å². The highest BCUT2D eigenvalue weighted by molar-refractivity contribution is 5.99. The monoisotopic (exact) mass is 292 g/mol. The van der Waals surface area contributed by atoms with Crippen molar-refractivity contribution in [2.75, 3.05) is 6.61 Å². The number of carboxylic acid groups (broad SMARTS) is 1. The Morgan fingerprint density at radius 1 is 1.14 bits per heavy atom. The average Bonchev–Trinajstić information content (AvgIpc) is 2.47. The molecule has 1 unspecified atom stereocenters. The van der Waals surface area contributed by atoms with E-state index in [0.29, 0.717) is 25.7 Å². The van der Waals surface area contributed by atoms with Crippen LogP contribution >= 0.6 is 0 Å². The van der Waals surface area contributed by atoms with Crippen molar-refractivity contribution in [1.82, 2.24) is 0 Å². The number of hydrogen-bond donors (Lipinski definition) is 1. The molecule has 1 rings (SSSR count). The van der Waals surface area contributed by atoms with Gasteiger partial charge in [-0.3, -0.25) is 9.59 Å². The maximum atomic E-state index is 12.1. The van der Waals surface area contributed by atoms with Gasteiger partial charge in [-0.2, -0.15) is 0 Å². The minimum Gasteiger partial charge on any atom is -0.480 e. The minimum atomic E-state index is -1.40. The number of rotatable bonds is 9. The van der Waals surface area contributed by atoms with Crippen molar-refractivity contribution >= 4 is 11.9 Å². The molecule has 0 spiro atoms. The number of aliphatic carboxylic acids is 1. The molecule has 0 bridgehead atoms. The molecule has 0 aromatic heterocycles. The maximum Gasteiger partial charge on any atom is 0.323 e. The highest BCUT2D eigenvalue weighted by Crippen LogP contribution is 2.32. The molecule has 0 heterocycles. The van der Waals surface area contributed by atoms with Gasteiger partial charge >= 0.3 is 11.9 Å². The quantitative estimate of drug-likeness (QED) is 0.559. The first-order chi connectivity index (χ1) is 10.1. The van der Waals surface area contributed by atoms with Crippen molar-refractivity contribution in [3.05, 3.63) is 35.9 Å². The third-order valence-electron chi connectivity index (χ3n) is 3.66. The summed E-state index contributed by atoms with van der Waals surface area (Å²) in [6, 6.07) is 9.87. The molecule has 4 heteroatoms. The molecule has 0 saturated heterocycles. The van der Waals surface area contributed by atoms with E-state index in [1.54, 1.807) is 6.92 Å². The maximum absolute atomic E-state index is 12.1. The lowest BCUT2D eigenvalue weighted by atomic mass is 9.78. The molecule has 4 nitrogen and oxygen atoms in total. The van der Waals surface area contributed by atoms with E-state index in [4.69, 9.17) is 4.74 Å². The van der Waals surface area contributed by atoms with E-state index in [1.807, 2.05) is 37.3 Å². The van der Waals surface area contributed by atoms with E-state index in [1.165, 1.54) is 0 Å². The fraction of sp³-hybridized carbons (Fsp3) is 0.529. The molecule has 0 fully saturated rings. The zero-order valence-corrected chi connectivity index (χ0v) is 12.8. The lowest BCUT2D eigenvalue weighted by Crippen LogP contribution is -2.41. The van der Waals surface area contributed by atoms with Gasteiger partial charge in [0, 0.05) is 0 Å². The van der Waals surface area contributed by atoms with Crippen LogP contribution in [0.5, 0.6) is 0 Å². The Labute approximate surface area is 126 Å². The van der Waals surface area contributed by atoms with E-state index >= 15 is 0 Å². The first-order valence-corrected chi connectivity index (χ1v) is 7.51. The predicted molar refractivity (Wildman–Crippen MR) is 81.0 cm³/mol. The van der Waals surface area contributed by atoms with Crippen LogP contribution in [0.2, 0.25) is 0 Å². The van der Waals surface area contributed by atoms with Crippen LogP contribution in [-0.2, 0) is 20.7 Å². The molecule has 116 valence electrons. The summed E-state index contributed by atoms with van der Waals surface area (Å²) in [6.07, 6.45) is 2.67. The standard InChI is InChI=1S/C17H24O4/c1-3-12-17(15(18)19,16(20)21-4-2)13-8-11-14-9-6-5-7-10-14/h5-7,9-10H,3-4,8,11-13H2,1-2H3,(H,18,19). The van der Waals surface area contributed by atoms with Crippen molar-refractivity contribution in [2.45, 2.75) is 46.0 Å². The van der Waals surface area contributed by atoms with Gasteiger partial charge < -0.3 is 9.84 Å². The summed E-state index contributed by atoms with van der Waals surface area (Å²) < 4.78 is 5.00. The second-order valence-electron chi connectivity index (χ2n) is 5.20. The van der Waals surface area contributed by atoms with Gasteiger partial charge in [-0.25, -0.2) is 0 Å². The van der Waals surface area contributed by atoms with Gasteiger partial charge in [-0.15, -0.1) is 0 Å². The Balaban J connectivity index is 2.76. The average molecular weight is 292 g/mol. The number of carbonyl (C=O) groups excluding carboxylic acids is 1. The Morgan fingerprint density at radius 3 is 2.33 bits per heavy atom. The molecule has 0 amide bonds. The summed E-state index contributed by atoms with van der Waals surface area (Å²) >= 11 is 0. The van der Waals surface area contributed by atoms with E-state index in [0.717, 1.165) is 12.0 Å². The molecule has 0 aliphatic carbocycles. The predicted octanol–water partition coefficient (Wildman–Crippen LogP) is 3.44. The van der Waals surface area contributed by atoms with Crippen molar-refractivity contribution in [3.63, 3.8) is 0 Å². The molecular formula is C17H24O4. The number of benzene rings is 1. The lowest BCUT2D eigenvalue weighted by molar-refractivity contribution is -0.170. The summed E-state index contributed by atoms with van der Waals surface area (Å²) in [7, 11) is 0. The van der Waals surface area contributed by atoms with Crippen LogP contribution in [0, 0.1) is 5.41 Å². The molecular weight excluding hydrogens is 268 g/mol. The second kappa shape index (κ2) is 8.45. The van der Waals surface area contributed by atoms with E-state index in [-0.39, 0.29) is 6.61 Å². The van der Waals surface area contributed by atoms with Crippen molar-refractivity contribution in [2.24, 2.45) is 5.41 Å². The molecule has 0 radical (unpaired) electrons. The topological polar surface area (TPSA) is 63.6 Å². The van der Waals surface area contributed by atoms with Crippen LogP contribution in [0.3, 0.4) is 0 Å². The Kier molecular flexibility index (Phi) is 6.92. The number of carbonyl (C=O) groups is 2. The highest BCUT2D eigenvalue weighted by atomic mass is 16.5. The zero-order valence-electron chi connectivity index (χ0n) is 12.8. The summed E-state index contributed by atoms with van der Waals surface area (Å²) in [5, 5.41) is 9.55. The summed E-state index contributed by atoms with van der Waals surface area (Å²) in [6.45, 7) is 3.78. The lowest BCUT2D eigenvalue weighted by Gasteiger charge is -2.26. The van der Waals surface area contributed by atoms with Crippen molar-refractivity contribution in [1.29, 1.82) is 0 Å². The Morgan fingerprint density at radius 2 is 1.81 bits per heavy atom. The van der Waals surface area contributed by atoms with Crippen LogP contribution in [0.4, 0.5) is 0 Å². The molecule has 1 atom stereocenters. The van der Waals surface area contributed by atoms with Crippen LogP contribution in [0.15, 0.2) is 30.3 Å². The van der Waals surface area contributed by atoms with E-state index < -0.39 is 17.4 Å². The van der Waals surface area contributed by atoms with Crippen LogP contribution in [-0.4, -0.2) is 23.7 Å². The number of esters is 1. The Bertz CT molecular complexity index is 455. The molecule has 1 N–H and O–H groups in total. The SMILES string of the molecule is CCCC(CCCc1ccccc1)(C(=O)O)C(=O)OCC. The normalized spacial score (nSPS) is 13.4. The van der Waals surface area contributed by atoms with Crippen molar-refractivity contribution < 1.29 is 19.4 Å². The molecule has 0 aliphatic rings. The smallest absolute Gasteiger partial charge is 0.323 e. The van der Waals surface area contributed by atoms with Crippen LogP contribution in [0.1, 0.15) is 45.1 Å². The third-order valence-corrected chi connectivity index (χ3v) is 3.66. The van der Waals surface area contributed by atoms with Gasteiger partial charge in [-0.05, 0) is 38.2 Å². The number of hydrogen-bond acceptors (Lipinski definition) is 3. The molecule has 21 heavy (non-hydrogen) atoms. The van der Waals surface area contributed by atoms with Gasteiger partial charge in [0.25, 0.3) is 0 Å². The second-order valence-corrected chi connectivity index (χ2v) is 5.20. The van der Waals surface area contributed by atoms with E-state index in [2.05, 4.69) is 0 Å². The fourth-order valence-electron chi connectivity index (χ4n) is 2.57. The van der Waals surface area contributed by atoms with Crippen LogP contribution in [0.25, 0.3) is 0 Å². The largest absolute Gasteiger partial charge is 0.480 e. The number of aryl methyl sites for hydroxylation is 1. The summed E-state index contributed by atoms with van der Waals surface area (Å²) in [4.78, 5) is 23.8. The van der Waals surface area contributed by atoms with Gasteiger partial charge in [0.2, 0.25) is 0 Å². The fourth-order valence-corrected chi connectivity index (χ4v) is 2.57. The van der Waals surface area contributed by atoms with Gasteiger partial charge in [0.1, 0.15) is 0 Å². The summed E-state index contributed by atoms with van der Waals surface area (Å²) in [5.41, 5.74) is -0.253.